The first-order valence-electron chi connectivity index (χ1n) is 6.61. The van der Waals surface area contributed by atoms with Gasteiger partial charge in [-0.1, -0.05) is 31.2 Å². The zero-order valence-corrected chi connectivity index (χ0v) is 12.0. The molecule has 1 N–H and O–H groups in total. The minimum absolute atomic E-state index is 0.00861. The zero-order valence-electron chi connectivity index (χ0n) is 12.0. The molecule has 106 valence electrons. The molecule has 0 aliphatic rings. The quantitative estimate of drug-likeness (QED) is 0.904. The molecule has 3 heteroatoms. The van der Waals surface area contributed by atoms with Gasteiger partial charge in [-0.3, -0.25) is 0 Å². The molecule has 0 bridgehead atoms. The molecule has 0 aliphatic heterocycles. The number of methoxy groups -OCH3 is 2. The molecule has 0 unspecified atom stereocenters. The Morgan fingerprint density at radius 2 is 1.15 bits per heavy atom. The van der Waals surface area contributed by atoms with E-state index in [1.54, 1.807) is 14.2 Å². The third-order valence-electron chi connectivity index (χ3n) is 3.57. The van der Waals surface area contributed by atoms with Crippen molar-refractivity contribution >= 4 is 0 Å². The molecule has 0 heterocycles. The average Bonchev–Trinajstić information content (AvgIpc) is 2.53. The van der Waals surface area contributed by atoms with E-state index in [1.165, 1.54) is 0 Å². The Balaban J connectivity index is 2.15. The Bertz CT molecular complexity index is 480. The van der Waals surface area contributed by atoms with Crippen molar-refractivity contribution in [1.82, 2.24) is 0 Å². The van der Waals surface area contributed by atoms with Crippen LogP contribution in [0.15, 0.2) is 48.5 Å². The van der Waals surface area contributed by atoms with Crippen molar-refractivity contribution in [3.05, 3.63) is 59.7 Å². The molecule has 3 nitrogen and oxygen atoms in total. The highest BCUT2D eigenvalue weighted by Gasteiger charge is 2.18. The fourth-order valence-electron chi connectivity index (χ4n) is 2.18. The largest absolute Gasteiger partial charge is 0.497 e. The van der Waals surface area contributed by atoms with Gasteiger partial charge in [0.25, 0.3) is 0 Å². The second-order valence-electron chi connectivity index (χ2n) is 4.78. The Labute approximate surface area is 119 Å². The van der Waals surface area contributed by atoms with E-state index in [1.807, 2.05) is 55.5 Å². The number of aliphatic hydroxyl groups excluding tert-OH is 1. The first-order chi connectivity index (χ1) is 9.65. The lowest BCUT2D eigenvalue weighted by Crippen LogP contribution is -2.07. The summed E-state index contributed by atoms with van der Waals surface area (Å²) in [6.07, 6.45) is -0.547. The molecule has 0 amide bonds. The number of rotatable bonds is 5. The van der Waals surface area contributed by atoms with Gasteiger partial charge in [0.1, 0.15) is 11.5 Å². The molecule has 0 aliphatic carbocycles. The van der Waals surface area contributed by atoms with E-state index < -0.39 is 6.10 Å². The maximum atomic E-state index is 10.5. The Hall–Kier alpha value is -2.00. The molecule has 2 aromatic carbocycles. The maximum Gasteiger partial charge on any atom is 0.118 e. The minimum Gasteiger partial charge on any atom is -0.497 e. The van der Waals surface area contributed by atoms with Gasteiger partial charge in [-0.25, -0.2) is 0 Å². The lowest BCUT2D eigenvalue weighted by molar-refractivity contribution is 0.151. The highest BCUT2D eigenvalue weighted by Crippen LogP contribution is 2.32. The van der Waals surface area contributed by atoms with Crippen molar-refractivity contribution in [2.24, 2.45) is 0 Å². The minimum atomic E-state index is -0.547. The van der Waals surface area contributed by atoms with Crippen LogP contribution in [0.25, 0.3) is 0 Å². The second-order valence-corrected chi connectivity index (χ2v) is 4.78. The van der Waals surface area contributed by atoms with Crippen LogP contribution in [0, 0.1) is 0 Å². The summed E-state index contributed by atoms with van der Waals surface area (Å²) in [7, 11) is 3.27. The van der Waals surface area contributed by atoms with Gasteiger partial charge in [-0.15, -0.1) is 0 Å². The Morgan fingerprint density at radius 3 is 1.55 bits per heavy atom. The van der Waals surface area contributed by atoms with Crippen LogP contribution in [-0.4, -0.2) is 19.3 Å². The first-order valence-corrected chi connectivity index (χ1v) is 6.61. The number of benzene rings is 2. The molecule has 2 aromatic rings. The van der Waals surface area contributed by atoms with Crippen LogP contribution in [0.4, 0.5) is 0 Å². The van der Waals surface area contributed by atoms with E-state index in [9.17, 15) is 5.11 Å². The fraction of sp³-hybridized carbons (Fsp3) is 0.294. The monoisotopic (exact) mass is 272 g/mol. The van der Waals surface area contributed by atoms with Crippen LogP contribution in [0.5, 0.6) is 11.5 Å². The maximum absolute atomic E-state index is 10.5. The van der Waals surface area contributed by atoms with Crippen LogP contribution in [0.1, 0.15) is 30.1 Å². The fourth-order valence-corrected chi connectivity index (χ4v) is 2.18. The smallest absolute Gasteiger partial charge is 0.118 e. The Kier molecular flexibility index (Phi) is 4.64. The summed E-state index contributed by atoms with van der Waals surface area (Å²) in [5, 5.41) is 10.5. The summed E-state index contributed by atoms with van der Waals surface area (Å²) in [6, 6.07) is 15.3. The Morgan fingerprint density at radius 1 is 0.750 bits per heavy atom. The summed E-state index contributed by atoms with van der Waals surface area (Å²) in [6.45, 7) is 2.01. The van der Waals surface area contributed by atoms with Crippen molar-refractivity contribution in [3.63, 3.8) is 0 Å². The lowest BCUT2D eigenvalue weighted by Gasteiger charge is -2.20. The van der Waals surface area contributed by atoms with Gasteiger partial charge in [0.15, 0.2) is 0 Å². The molecule has 0 aromatic heterocycles. The van der Waals surface area contributed by atoms with Crippen LogP contribution < -0.4 is 9.47 Å². The molecule has 0 saturated carbocycles. The average molecular weight is 272 g/mol. The third-order valence-corrected chi connectivity index (χ3v) is 3.57. The van der Waals surface area contributed by atoms with Crippen molar-refractivity contribution in [2.45, 2.75) is 18.9 Å². The first kappa shape index (κ1) is 14.4. The van der Waals surface area contributed by atoms with Gasteiger partial charge < -0.3 is 14.6 Å². The standard InChI is InChI=1S/C17H20O3/c1-12(13-4-8-15(19-2)9-5-13)17(18)14-6-10-16(20-3)11-7-14/h4-12,17-18H,1-3H3/t12-,17-/m1/s1. The van der Waals surface area contributed by atoms with Crippen LogP contribution in [0.3, 0.4) is 0 Å². The zero-order chi connectivity index (χ0) is 14.5. The van der Waals surface area contributed by atoms with Gasteiger partial charge in [0, 0.05) is 5.92 Å². The van der Waals surface area contributed by atoms with Crippen molar-refractivity contribution in [2.75, 3.05) is 14.2 Å². The highest BCUT2D eigenvalue weighted by molar-refractivity contribution is 5.33. The molecule has 0 radical (unpaired) electrons. The molecule has 2 rings (SSSR count). The summed E-state index contributed by atoms with van der Waals surface area (Å²) >= 11 is 0. The molecular formula is C17H20O3. The number of ether oxygens (including phenoxy) is 2. The van der Waals surface area contributed by atoms with Gasteiger partial charge in [-0.05, 0) is 35.4 Å². The number of aliphatic hydroxyl groups is 1. The SMILES string of the molecule is COc1ccc([C@@H](C)[C@@H](O)c2ccc(OC)cc2)cc1. The summed E-state index contributed by atoms with van der Waals surface area (Å²) < 4.78 is 10.3. The summed E-state index contributed by atoms with van der Waals surface area (Å²) in [4.78, 5) is 0. The molecule has 0 fully saturated rings. The number of hydrogen-bond donors (Lipinski definition) is 1. The molecule has 20 heavy (non-hydrogen) atoms. The van der Waals surface area contributed by atoms with E-state index in [0.29, 0.717) is 0 Å². The van der Waals surface area contributed by atoms with Crippen LogP contribution in [-0.2, 0) is 0 Å². The normalized spacial score (nSPS) is 13.6. The number of hydrogen-bond acceptors (Lipinski definition) is 3. The lowest BCUT2D eigenvalue weighted by atomic mass is 9.91. The van der Waals surface area contributed by atoms with E-state index in [2.05, 4.69) is 0 Å². The second kappa shape index (κ2) is 6.44. The summed E-state index contributed by atoms with van der Waals surface area (Å²) in [5.41, 5.74) is 1.96. The molecule has 2 atom stereocenters. The van der Waals surface area contributed by atoms with E-state index in [-0.39, 0.29) is 5.92 Å². The van der Waals surface area contributed by atoms with Gasteiger partial charge in [0.05, 0.1) is 20.3 Å². The predicted octanol–water partition coefficient (Wildman–Crippen LogP) is 3.54. The van der Waals surface area contributed by atoms with Crippen LogP contribution >= 0.6 is 0 Å². The predicted molar refractivity (Wildman–Crippen MR) is 79.4 cm³/mol. The van der Waals surface area contributed by atoms with Crippen molar-refractivity contribution < 1.29 is 14.6 Å². The van der Waals surface area contributed by atoms with E-state index in [0.717, 1.165) is 22.6 Å². The molecular weight excluding hydrogens is 252 g/mol. The van der Waals surface area contributed by atoms with Crippen LogP contribution in [0.2, 0.25) is 0 Å². The third kappa shape index (κ3) is 3.11. The van der Waals surface area contributed by atoms with Gasteiger partial charge >= 0.3 is 0 Å². The van der Waals surface area contributed by atoms with Crippen molar-refractivity contribution in [3.8, 4) is 11.5 Å². The van der Waals surface area contributed by atoms with E-state index in [4.69, 9.17) is 9.47 Å². The molecule has 0 saturated heterocycles. The van der Waals surface area contributed by atoms with E-state index >= 15 is 0 Å². The summed E-state index contributed by atoms with van der Waals surface area (Å²) in [5.74, 6) is 1.62. The van der Waals surface area contributed by atoms with Gasteiger partial charge in [0.2, 0.25) is 0 Å². The van der Waals surface area contributed by atoms with Crippen molar-refractivity contribution in [1.29, 1.82) is 0 Å². The highest BCUT2D eigenvalue weighted by atomic mass is 16.5. The topological polar surface area (TPSA) is 38.7 Å². The molecule has 0 spiro atoms. The van der Waals surface area contributed by atoms with Gasteiger partial charge in [-0.2, -0.15) is 0 Å².